The van der Waals surface area contributed by atoms with E-state index in [2.05, 4.69) is 18.7 Å². The molecule has 0 radical (unpaired) electrons. The van der Waals surface area contributed by atoms with Gasteiger partial charge in [0.25, 0.3) is 0 Å². The average molecular weight is 175 g/mol. The SMILES string of the molecule is C.[C-]#[N+]c1ccc(CC(C)C)cc1. The fourth-order valence-electron chi connectivity index (χ4n) is 1.18. The van der Waals surface area contributed by atoms with E-state index in [-0.39, 0.29) is 7.43 Å². The molecule has 0 aromatic heterocycles. The van der Waals surface area contributed by atoms with Crippen LogP contribution in [0.25, 0.3) is 4.85 Å². The molecule has 0 amide bonds. The molecule has 13 heavy (non-hydrogen) atoms. The number of nitrogens with zero attached hydrogens (tertiary/aromatic N) is 1. The summed E-state index contributed by atoms with van der Waals surface area (Å²) in [5, 5.41) is 0. The van der Waals surface area contributed by atoms with Crippen LogP contribution in [0, 0.1) is 12.5 Å². The third-order valence-electron chi connectivity index (χ3n) is 1.71. The van der Waals surface area contributed by atoms with Crippen molar-refractivity contribution in [1.82, 2.24) is 0 Å². The van der Waals surface area contributed by atoms with Crippen LogP contribution in [0.15, 0.2) is 24.3 Å². The summed E-state index contributed by atoms with van der Waals surface area (Å²) in [6.07, 6.45) is 1.10. The van der Waals surface area contributed by atoms with Crippen molar-refractivity contribution >= 4 is 5.69 Å². The molecule has 0 N–H and O–H groups in total. The van der Waals surface area contributed by atoms with Crippen molar-refractivity contribution < 1.29 is 0 Å². The molecule has 0 spiro atoms. The Morgan fingerprint density at radius 3 is 2.15 bits per heavy atom. The van der Waals surface area contributed by atoms with Gasteiger partial charge in [0.1, 0.15) is 0 Å². The van der Waals surface area contributed by atoms with Crippen LogP contribution in [-0.2, 0) is 6.42 Å². The van der Waals surface area contributed by atoms with Gasteiger partial charge in [-0.15, -0.1) is 0 Å². The highest BCUT2D eigenvalue weighted by atomic mass is 14.6. The molecular weight excluding hydrogens is 158 g/mol. The largest absolute Gasteiger partial charge is 0.238 e. The number of rotatable bonds is 2. The van der Waals surface area contributed by atoms with Crippen LogP contribution in [0.2, 0.25) is 0 Å². The van der Waals surface area contributed by atoms with Gasteiger partial charge in [0.15, 0.2) is 5.69 Å². The Bertz CT molecular complexity index is 277. The summed E-state index contributed by atoms with van der Waals surface area (Å²) >= 11 is 0. The Morgan fingerprint density at radius 2 is 1.77 bits per heavy atom. The van der Waals surface area contributed by atoms with Crippen LogP contribution in [0.5, 0.6) is 0 Å². The first-order valence-electron chi connectivity index (χ1n) is 4.19. The van der Waals surface area contributed by atoms with E-state index in [4.69, 9.17) is 6.57 Å². The highest BCUT2D eigenvalue weighted by Crippen LogP contribution is 2.14. The van der Waals surface area contributed by atoms with Gasteiger partial charge in [0.05, 0.1) is 6.57 Å². The van der Waals surface area contributed by atoms with Crippen molar-refractivity contribution in [2.45, 2.75) is 27.7 Å². The molecule has 1 rings (SSSR count). The summed E-state index contributed by atoms with van der Waals surface area (Å²) in [5.41, 5.74) is 2.04. The minimum Gasteiger partial charge on any atom is -0.238 e. The lowest BCUT2D eigenvalue weighted by Gasteiger charge is -2.03. The van der Waals surface area contributed by atoms with Crippen LogP contribution in [0.3, 0.4) is 0 Å². The van der Waals surface area contributed by atoms with Gasteiger partial charge in [-0.25, -0.2) is 4.85 Å². The van der Waals surface area contributed by atoms with Gasteiger partial charge in [0.2, 0.25) is 0 Å². The predicted octanol–water partition coefficient (Wildman–Crippen LogP) is 4.07. The van der Waals surface area contributed by atoms with Crippen LogP contribution in [0.4, 0.5) is 5.69 Å². The second-order valence-corrected chi connectivity index (χ2v) is 3.38. The van der Waals surface area contributed by atoms with E-state index in [9.17, 15) is 0 Å². The van der Waals surface area contributed by atoms with Crippen molar-refractivity contribution in [3.63, 3.8) is 0 Å². The zero-order valence-corrected chi connectivity index (χ0v) is 7.54. The topological polar surface area (TPSA) is 4.36 Å². The van der Waals surface area contributed by atoms with Crippen molar-refractivity contribution in [3.05, 3.63) is 41.2 Å². The van der Waals surface area contributed by atoms with E-state index >= 15 is 0 Å². The van der Waals surface area contributed by atoms with Gasteiger partial charge in [0, 0.05) is 0 Å². The Balaban J connectivity index is 0.00000144. The predicted molar refractivity (Wildman–Crippen MR) is 58.0 cm³/mol. The maximum Gasteiger partial charge on any atom is 0.187 e. The molecule has 1 aromatic rings. The number of hydrogen-bond acceptors (Lipinski definition) is 0. The summed E-state index contributed by atoms with van der Waals surface area (Å²) in [5.74, 6) is 0.684. The Labute approximate surface area is 81.2 Å². The van der Waals surface area contributed by atoms with Gasteiger partial charge >= 0.3 is 0 Å². The molecule has 0 fully saturated rings. The molecule has 1 nitrogen and oxygen atoms in total. The third-order valence-corrected chi connectivity index (χ3v) is 1.71. The fourth-order valence-corrected chi connectivity index (χ4v) is 1.18. The molecule has 0 heterocycles. The average Bonchev–Trinajstić information content (AvgIpc) is 2.05. The van der Waals surface area contributed by atoms with Crippen molar-refractivity contribution in [2.75, 3.05) is 0 Å². The summed E-state index contributed by atoms with van der Waals surface area (Å²) in [7, 11) is 0. The minimum absolute atomic E-state index is 0. The molecular formula is C12H17N. The van der Waals surface area contributed by atoms with Crippen LogP contribution < -0.4 is 0 Å². The zero-order valence-electron chi connectivity index (χ0n) is 7.54. The smallest absolute Gasteiger partial charge is 0.187 e. The van der Waals surface area contributed by atoms with Gasteiger partial charge < -0.3 is 0 Å². The quantitative estimate of drug-likeness (QED) is 0.597. The molecule has 1 heteroatoms. The molecule has 1 aromatic carbocycles. The van der Waals surface area contributed by atoms with Crippen LogP contribution in [-0.4, -0.2) is 0 Å². The maximum absolute atomic E-state index is 6.78. The first kappa shape index (κ1) is 11.7. The number of benzene rings is 1. The van der Waals surface area contributed by atoms with Crippen molar-refractivity contribution in [1.29, 1.82) is 0 Å². The van der Waals surface area contributed by atoms with E-state index in [1.165, 1.54) is 5.56 Å². The standard InChI is InChI=1S/C11H13N.CH4/c1-9(2)8-10-4-6-11(12-3)7-5-10;/h4-7,9H,8H2,1-2H3;1H4. The first-order valence-corrected chi connectivity index (χ1v) is 4.19. The van der Waals surface area contributed by atoms with E-state index in [0.29, 0.717) is 5.92 Å². The second-order valence-electron chi connectivity index (χ2n) is 3.38. The molecule has 0 saturated heterocycles. The van der Waals surface area contributed by atoms with Gasteiger partial charge in [-0.05, 0) is 12.3 Å². The third kappa shape index (κ3) is 3.75. The highest BCUT2D eigenvalue weighted by molar-refractivity contribution is 5.45. The fraction of sp³-hybridized carbons (Fsp3) is 0.417. The van der Waals surface area contributed by atoms with E-state index < -0.39 is 0 Å². The van der Waals surface area contributed by atoms with E-state index in [1.54, 1.807) is 0 Å². The second kappa shape index (κ2) is 5.37. The Morgan fingerprint density at radius 1 is 1.23 bits per heavy atom. The Kier molecular flexibility index (Phi) is 4.84. The van der Waals surface area contributed by atoms with E-state index in [0.717, 1.165) is 12.1 Å². The summed E-state index contributed by atoms with van der Waals surface area (Å²) < 4.78 is 0. The molecule has 0 aliphatic heterocycles. The van der Waals surface area contributed by atoms with Crippen molar-refractivity contribution in [3.8, 4) is 0 Å². The Hall–Kier alpha value is -1.29. The highest BCUT2D eigenvalue weighted by Gasteiger charge is 1.96. The minimum atomic E-state index is 0. The number of hydrogen-bond donors (Lipinski definition) is 0. The molecule has 0 atom stereocenters. The molecule has 0 aliphatic rings. The zero-order chi connectivity index (χ0) is 8.97. The van der Waals surface area contributed by atoms with Crippen LogP contribution >= 0.6 is 0 Å². The maximum atomic E-state index is 6.78. The lowest BCUT2D eigenvalue weighted by molar-refractivity contribution is 0.647. The normalized spacial score (nSPS) is 9.08. The first-order chi connectivity index (χ1) is 5.72. The van der Waals surface area contributed by atoms with E-state index in [1.807, 2.05) is 24.3 Å². The monoisotopic (exact) mass is 175 g/mol. The summed E-state index contributed by atoms with van der Waals surface area (Å²) in [6, 6.07) is 7.83. The summed E-state index contributed by atoms with van der Waals surface area (Å²) in [6.45, 7) is 11.2. The lowest BCUT2D eigenvalue weighted by Crippen LogP contribution is -1.92. The molecule has 0 aliphatic carbocycles. The molecule has 70 valence electrons. The van der Waals surface area contributed by atoms with Gasteiger partial charge in [-0.2, -0.15) is 0 Å². The molecule has 0 saturated carbocycles. The molecule has 0 unspecified atom stereocenters. The molecule has 0 bridgehead atoms. The summed E-state index contributed by atoms with van der Waals surface area (Å²) in [4.78, 5) is 3.34. The van der Waals surface area contributed by atoms with Crippen molar-refractivity contribution in [2.24, 2.45) is 5.92 Å². The van der Waals surface area contributed by atoms with Crippen LogP contribution in [0.1, 0.15) is 26.8 Å². The lowest BCUT2D eigenvalue weighted by atomic mass is 10.0. The van der Waals surface area contributed by atoms with Gasteiger partial charge in [-0.1, -0.05) is 51.1 Å². The van der Waals surface area contributed by atoms with Gasteiger partial charge in [-0.3, -0.25) is 0 Å².